The van der Waals surface area contributed by atoms with Crippen molar-refractivity contribution in [3.8, 4) is 0 Å². The topological polar surface area (TPSA) is 111 Å². The quantitative estimate of drug-likeness (QED) is 0.749. The summed E-state index contributed by atoms with van der Waals surface area (Å²) in [6.45, 7) is 1.39. The Morgan fingerprint density at radius 1 is 1.00 bits per heavy atom. The minimum Gasteiger partial charge on any atom is -0.465 e. The van der Waals surface area contributed by atoms with Gasteiger partial charge in [-0.3, -0.25) is 4.79 Å². The summed E-state index contributed by atoms with van der Waals surface area (Å²) in [6, 6.07) is 9.39. The summed E-state index contributed by atoms with van der Waals surface area (Å²) in [5, 5.41) is 10.5. The number of anilines is 2. The Morgan fingerprint density at radius 2 is 1.71 bits per heavy atom. The van der Waals surface area contributed by atoms with Crippen LogP contribution in [0.25, 0.3) is 0 Å². The molecule has 1 fully saturated rings. The fraction of sp³-hybridized carbons (Fsp3) is 0.316. The Bertz CT molecular complexity index is 846. The largest absolute Gasteiger partial charge is 0.465 e. The average Bonchev–Trinajstić information content (AvgIpc) is 3.27. The van der Waals surface area contributed by atoms with E-state index in [-0.39, 0.29) is 5.69 Å². The highest BCUT2D eigenvalue weighted by Crippen LogP contribution is 2.16. The molecule has 0 bridgehead atoms. The first kappa shape index (κ1) is 19.3. The molecule has 0 saturated carbocycles. The molecule has 146 valence electrons. The Labute approximate surface area is 161 Å². The normalized spacial score (nSPS) is 13.1. The van der Waals surface area contributed by atoms with E-state index in [9.17, 15) is 14.4 Å². The molecule has 1 amide bonds. The maximum absolute atomic E-state index is 12.0. The van der Waals surface area contributed by atoms with Crippen LogP contribution >= 0.6 is 0 Å². The summed E-state index contributed by atoms with van der Waals surface area (Å²) in [6.07, 6.45) is 2.23. The van der Waals surface area contributed by atoms with Gasteiger partial charge in [0.25, 0.3) is 5.91 Å². The van der Waals surface area contributed by atoms with E-state index in [2.05, 4.69) is 25.2 Å². The summed E-state index contributed by atoms with van der Waals surface area (Å²) in [5.74, 6) is -0.983. The summed E-state index contributed by atoms with van der Waals surface area (Å²) in [4.78, 5) is 37.4. The van der Waals surface area contributed by atoms with Crippen LogP contribution in [0, 0.1) is 0 Å². The van der Waals surface area contributed by atoms with Gasteiger partial charge in [0.05, 0.1) is 12.7 Å². The average molecular weight is 384 g/mol. The molecule has 2 aromatic rings. The highest BCUT2D eigenvalue weighted by Gasteiger charge is 2.16. The van der Waals surface area contributed by atoms with Crippen LogP contribution in [0.2, 0.25) is 0 Å². The summed E-state index contributed by atoms with van der Waals surface area (Å²) in [5.41, 5.74) is 0.865. The second-order valence-electron chi connectivity index (χ2n) is 6.16. The Kier molecular flexibility index (Phi) is 6.15. The van der Waals surface area contributed by atoms with Gasteiger partial charge < -0.3 is 19.7 Å². The highest BCUT2D eigenvalue weighted by molar-refractivity contribution is 5.95. The van der Waals surface area contributed by atoms with Gasteiger partial charge in [-0.25, -0.2) is 9.59 Å². The molecule has 1 aromatic carbocycles. The third-order valence-corrected chi connectivity index (χ3v) is 4.21. The predicted molar refractivity (Wildman–Crippen MR) is 100 cm³/mol. The Balaban J connectivity index is 1.48. The molecule has 0 spiro atoms. The van der Waals surface area contributed by atoms with E-state index in [4.69, 9.17) is 4.74 Å². The number of carbonyl (C=O) groups excluding carboxylic acids is 3. The predicted octanol–water partition coefficient (Wildman–Crippen LogP) is 1.66. The van der Waals surface area contributed by atoms with Crippen molar-refractivity contribution in [3.05, 3.63) is 47.7 Å². The third kappa shape index (κ3) is 4.81. The smallest absolute Gasteiger partial charge is 0.359 e. The maximum Gasteiger partial charge on any atom is 0.359 e. The lowest BCUT2D eigenvalue weighted by Crippen LogP contribution is -2.22. The van der Waals surface area contributed by atoms with Gasteiger partial charge in [-0.15, -0.1) is 10.2 Å². The molecule has 0 unspecified atom stereocenters. The van der Waals surface area contributed by atoms with E-state index in [1.165, 1.54) is 25.3 Å². The lowest BCUT2D eigenvalue weighted by Gasteiger charge is -2.15. The molecule has 0 atom stereocenters. The molecule has 1 aliphatic rings. The number of hydrogen-bond donors (Lipinski definition) is 1. The molecule has 2 heterocycles. The Hall–Kier alpha value is -3.49. The van der Waals surface area contributed by atoms with Crippen molar-refractivity contribution in [1.29, 1.82) is 0 Å². The van der Waals surface area contributed by atoms with Gasteiger partial charge >= 0.3 is 11.9 Å². The van der Waals surface area contributed by atoms with Crippen LogP contribution in [-0.4, -0.2) is 54.8 Å². The van der Waals surface area contributed by atoms with Crippen LogP contribution in [0.3, 0.4) is 0 Å². The number of amides is 1. The van der Waals surface area contributed by atoms with Crippen molar-refractivity contribution in [1.82, 2.24) is 10.2 Å². The van der Waals surface area contributed by atoms with Crippen molar-refractivity contribution in [2.75, 3.05) is 37.0 Å². The monoisotopic (exact) mass is 384 g/mol. The van der Waals surface area contributed by atoms with E-state index >= 15 is 0 Å². The highest BCUT2D eigenvalue weighted by atomic mass is 16.5. The number of rotatable bonds is 6. The molecule has 0 aliphatic carbocycles. The number of ether oxygens (including phenoxy) is 2. The Morgan fingerprint density at radius 3 is 2.32 bits per heavy atom. The molecule has 28 heavy (non-hydrogen) atoms. The summed E-state index contributed by atoms with van der Waals surface area (Å²) < 4.78 is 9.57. The molecule has 1 saturated heterocycles. The number of aromatic nitrogens is 2. The van der Waals surface area contributed by atoms with Crippen LogP contribution in [0.15, 0.2) is 36.4 Å². The zero-order chi connectivity index (χ0) is 19.9. The van der Waals surface area contributed by atoms with E-state index in [1.54, 1.807) is 18.2 Å². The van der Waals surface area contributed by atoms with Gasteiger partial charge in [0.2, 0.25) is 0 Å². The minimum atomic E-state index is -0.725. The molecule has 9 heteroatoms. The number of esters is 2. The van der Waals surface area contributed by atoms with Crippen molar-refractivity contribution in [2.45, 2.75) is 12.8 Å². The number of carbonyl (C=O) groups is 3. The van der Waals surface area contributed by atoms with Gasteiger partial charge in [0.1, 0.15) is 0 Å². The van der Waals surface area contributed by atoms with Crippen LogP contribution < -0.4 is 10.2 Å². The van der Waals surface area contributed by atoms with Crippen LogP contribution in [-0.2, 0) is 14.3 Å². The molecule has 3 rings (SSSR count). The first-order valence-electron chi connectivity index (χ1n) is 8.81. The van der Waals surface area contributed by atoms with E-state index in [0.717, 1.165) is 31.7 Å². The van der Waals surface area contributed by atoms with Gasteiger partial charge in [0, 0.05) is 18.8 Å². The molecule has 0 radical (unpaired) electrons. The zero-order valence-electron chi connectivity index (χ0n) is 15.4. The van der Waals surface area contributed by atoms with Crippen molar-refractivity contribution >= 4 is 29.4 Å². The van der Waals surface area contributed by atoms with Crippen LogP contribution in [0.5, 0.6) is 0 Å². The summed E-state index contributed by atoms with van der Waals surface area (Å²) >= 11 is 0. The molecule has 1 aliphatic heterocycles. The van der Waals surface area contributed by atoms with Gasteiger partial charge in [0.15, 0.2) is 18.1 Å². The number of benzene rings is 1. The second kappa shape index (κ2) is 8.94. The first-order chi connectivity index (χ1) is 13.6. The summed E-state index contributed by atoms with van der Waals surface area (Å²) in [7, 11) is 1.29. The van der Waals surface area contributed by atoms with Gasteiger partial charge in [-0.1, -0.05) is 0 Å². The lowest BCUT2D eigenvalue weighted by atomic mass is 10.2. The van der Waals surface area contributed by atoms with Crippen LogP contribution in [0.1, 0.15) is 33.7 Å². The number of nitrogens with zero attached hydrogens (tertiary/aromatic N) is 3. The fourth-order valence-electron chi connectivity index (χ4n) is 2.76. The number of hydrogen-bond acceptors (Lipinski definition) is 8. The van der Waals surface area contributed by atoms with Crippen molar-refractivity contribution < 1.29 is 23.9 Å². The number of methoxy groups -OCH3 is 1. The molecule has 1 N–H and O–H groups in total. The van der Waals surface area contributed by atoms with Crippen LogP contribution in [0.4, 0.5) is 11.5 Å². The molecule has 1 aromatic heterocycles. The number of nitrogens with one attached hydrogen (secondary N) is 1. The van der Waals surface area contributed by atoms with E-state index in [1.807, 2.05) is 0 Å². The fourth-order valence-corrected chi connectivity index (χ4v) is 2.76. The third-order valence-electron chi connectivity index (χ3n) is 4.21. The SMILES string of the molecule is COC(=O)c1ccc(NC(=O)COC(=O)c2ccc(N3CCCC3)nn2)cc1. The minimum absolute atomic E-state index is 0.0400. The molecule has 9 nitrogen and oxygen atoms in total. The second-order valence-corrected chi connectivity index (χ2v) is 6.16. The van der Waals surface area contributed by atoms with E-state index in [0.29, 0.717) is 11.3 Å². The maximum atomic E-state index is 12.0. The molecular weight excluding hydrogens is 364 g/mol. The van der Waals surface area contributed by atoms with Gasteiger partial charge in [-0.05, 0) is 49.2 Å². The van der Waals surface area contributed by atoms with Gasteiger partial charge in [-0.2, -0.15) is 0 Å². The van der Waals surface area contributed by atoms with Crippen molar-refractivity contribution in [2.24, 2.45) is 0 Å². The van der Waals surface area contributed by atoms with Crippen molar-refractivity contribution in [3.63, 3.8) is 0 Å². The molecular formula is C19H20N4O5. The zero-order valence-corrected chi connectivity index (χ0v) is 15.4. The van der Waals surface area contributed by atoms with E-state index < -0.39 is 24.5 Å². The lowest BCUT2D eigenvalue weighted by molar-refractivity contribution is -0.119. The standard InChI is InChI=1S/C19H20N4O5/c1-27-18(25)13-4-6-14(7-5-13)20-17(24)12-28-19(26)15-8-9-16(22-21-15)23-10-2-3-11-23/h4-9H,2-3,10-12H2,1H3,(H,20,24). The first-order valence-corrected chi connectivity index (χ1v) is 8.81.